The molecule has 18 heavy (non-hydrogen) atoms. The number of ether oxygens (including phenoxy) is 1. The fourth-order valence-electron chi connectivity index (χ4n) is 4.60. The molecule has 0 heterocycles. The number of fused-ring (bicyclic) bond motifs is 1. The van der Waals surface area contributed by atoms with Crippen LogP contribution in [0.1, 0.15) is 33.1 Å². The van der Waals surface area contributed by atoms with E-state index >= 15 is 0 Å². The van der Waals surface area contributed by atoms with Crippen LogP contribution in [0.15, 0.2) is 24.3 Å². The van der Waals surface area contributed by atoms with E-state index in [9.17, 15) is 4.79 Å². The summed E-state index contributed by atoms with van der Waals surface area (Å²) in [6.07, 6.45) is 12.5. The van der Waals surface area contributed by atoms with Crippen LogP contribution < -0.4 is 0 Å². The van der Waals surface area contributed by atoms with Crippen LogP contribution in [-0.4, -0.2) is 12.6 Å². The van der Waals surface area contributed by atoms with Gasteiger partial charge in [0.05, 0.1) is 12.5 Å². The maximum atomic E-state index is 12.3. The zero-order chi connectivity index (χ0) is 12.8. The standard InChI is InChI=1S/C16H22O2/c1-3-18-15(17)14-12-6-4-5-9-16(10-12)11(2)7-8-13(14)16/h4-6,9,11-14H,3,7-8,10H2,1-2H3/t11?,12-,13?,14-,16+/m1/s1. The molecule has 98 valence electrons. The van der Waals surface area contributed by atoms with Crippen molar-refractivity contribution in [3.8, 4) is 0 Å². The van der Waals surface area contributed by atoms with Gasteiger partial charge in [-0.25, -0.2) is 0 Å². The molecule has 2 fully saturated rings. The molecule has 3 aliphatic carbocycles. The monoisotopic (exact) mass is 246 g/mol. The molecule has 1 spiro atoms. The summed E-state index contributed by atoms with van der Waals surface area (Å²) in [5, 5.41) is 0. The van der Waals surface area contributed by atoms with Crippen LogP contribution in [0.25, 0.3) is 0 Å². The molecule has 2 unspecified atom stereocenters. The van der Waals surface area contributed by atoms with Gasteiger partial charge >= 0.3 is 5.97 Å². The van der Waals surface area contributed by atoms with Crippen molar-refractivity contribution >= 4 is 5.97 Å². The fourth-order valence-corrected chi connectivity index (χ4v) is 4.60. The van der Waals surface area contributed by atoms with Gasteiger partial charge < -0.3 is 4.74 Å². The third-order valence-corrected chi connectivity index (χ3v) is 5.44. The number of rotatable bonds is 2. The van der Waals surface area contributed by atoms with Crippen LogP contribution in [0, 0.1) is 29.1 Å². The highest BCUT2D eigenvalue weighted by Crippen LogP contribution is 2.63. The van der Waals surface area contributed by atoms with Crippen LogP contribution in [0.2, 0.25) is 0 Å². The molecule has 0 saturated heterocycles. The maximum absolute atomic E-state index is 12.3. The Kier molecular flexibility index (Phi) is 2.84. The van der Waals surface area contributed by atoms with E-state index in [2.05, 4.69) is 31.2 Å². The van der Waals surface area contributed by atoms with Gasteiger partial charge in [-0.1, -0.05) is 31.2 Å². The predicted molar refractivity (Wildman–Crippen MR) is 70.8 cm³/mol. The lowest BCUT2D eigenvalue weighted by molar-refractivity contribution is -0.150. The highest BCUT2D eigenvalue weighted by molar-refractivity contribution is 5.74. The minimum atomic E-state index is 0.0309. The lowest BCUT2D eigenvalue weighted by Crippen LogP contribution is -2.30. The Bertz CT molecular complexity index is 409. The summed E-state index contributed by atoms with van der Waals surface area (Å²) in [5.74, 6) is 1.70. The largest absolute Gasteiger partial charge is 0.466 e. The normalized spacial score (nSPS) is 44.8. The molecule has 0 aliphatic heterocycles. The Morgan fingerprint density at radius 2 is 2.22 bits per heavy atom. The van der Waals surface area contributed by atoms with E-state index < -0.39 is 0 Å². The summed E-state index contributed by atoms with van der Waals surface area (Å²) in [7, 11) is 0. The predicted octanol–water partition coefficient (Wildman–Crippen LogP) is 3.34. The van der Waals surface area contributed by atoms with Gasteiger partial charge in [0, 0.05) is 0 Å². The Morgan fingerprint density at radius 1 is 1.39 bits per heavy atom. The molecule has 0 aromatic rings. The van der Waals surface area contributed by atoms with Gasteiger partial charge in [0.2, 0.25) is 0 Å². The van der Waals surface area contributed by atoms with Crippen molar-refractivity contribution in [3.05, 3.63) is 24.3 Å². The van der Waals surface area contributed by atoms with Crippen molar-refractivity contribution in [1.82, 2.24) is 0 Å². The van der Waals surface area contributed by atoms with Crippen molar-refractivity contribution in [2.24, 2.45) is 29.1 Å². The highest BCUT2D eigenvalue weighted by Gasteiger charge is 2.59. The number of hydrogen-bond donors (Lipinski definition) is 0. The summed E-state index contributed by atoms with van der Waals surface area (Å²) < 4.78 is 5.32. The molecular formula is C16H22O2. The summed E-state index contributed by atoms with van der Waals surface area (Å²) >= 11 is 0. The minimum Gasteiger partial charge on any atom is -0.466 e. The molecule has 2 nitrogen and oxygen atoms in total. The van der Waals surface area contributed by atoms with Crippen molar-refractivity contribution in [1.29, 1.82) is 0 Å². The molecule has 2 saturated carbocycles. The molecule has 0 amide bonds. The Balaban J connectivity index is 1.96. The second-order valence-electron chi connectivity index (χ2n) is 6.09. The zero-order valence-electron chi connectivity index (χ0n) is 11.3. The quantitative estimate of drug-likeness (QED) is 0.698. The van der Waals surface area contributed by atoms with Gasteiger partial charge in [0.25, 0.3) is 0 Å². The molecule has 2 bridgehead atoms. The average molecular weight is 246 g/mol. The Labute approximate surface area is 109 Å². The second-order valence-corrected chi connectivity index (χ2v) is 6.09. The molecule has 0 N–H and O–H groups in total. The summed E-state index contributed by atoms with van der Waals surface area (Å²) in [4.78, 5) is 12.3. The van der Waals surface area contributed by atoms with E-state index in [1.807, 2.05) is 6.92 Å². The number of carbonyl (C=O) groups excluding carboxylic acids is 1. The first-order chi connectivity index (χ1) is 8.69. The van der Waals surface area contributed by atoms with Crippen LogP contribution >= 0.6 is 0 Å². The van der Waals surface area contributed by atoms with Gasteiger partial charge in [-0.3, -0.25) is 4.79 Å². The van der Waals surface area contributed by atoms with Gasteiger partial charge in [0.15, 0.2) is 0 Å². The van der Waals surface area contributed by atoms with Crippen molar-refractivity contribution < 1.29 is 9.53 Å². The van der Waals surface area contributed by atoms with Crippen molar-refractivity contribution in [3.63, 3.8) is 0 Å². The highest BCUT2D eigenvalue weighted by atomic mass is 16.5. The molecule has 0 radical (unpaired) electrons. The smallest absolute Gasteiger partial charge is 0.309 e. The SMILES string of the molecule is CCOC(=O)[C@H]1C2CCC(C)[C@@]23C=CC=C[C@@H]1C3. The van der Waals surface area contributed by atoms with E-state index in [-0.39, 0.29) is 17.3 Å². The first kappa shape index (κ1) is 12.0. The molecule has 0 aromatic carbocycles. The molecule has 3 rings (SSSR count). The molecular weight excluding hydrogens is 224 g/mol. The third kappa shape index (κ3) is 1.51. The van der Waals surface area contributed by atoms with Crippen LogP contribution in [-0.2, 0) is 9.53 Å². The first-order valence-electron chi connectivity index (χ1n) is 7.21. The summed E-state index contributed by atoms with van der Waals surface area (Å²) in [5.41, 5.74) is 0.256. The first-order valence-corrected chi connectivity index (χ1v) is 7.21. The average Bonchev–Trinajstić information content (AvgIpc) is 2.67. The summed E-state index contributed by atoms with van der Waals surface area (Å²) in [6, 6.07) is 0. The second kappa shape index (κ2) is 4.25. The number of esters is 1. The maximum Gasteiger partial charge on any atom is 0.309 e. The zero-order valence-corrected chi connectivity index (χ0v) is 11.3. The van der Waals surface area contributed by atoms with E-state index in [0.29, 0.717) is 24.4 Å². The van der Waals surface area contributed by atoms with E-state index in [1.54, 1.807) is 0 Å². The van der Waals surface area contributed by atoms with E-state index in [1.165, 1.54) is 12.8 Å². The molecule has 5 atom stereocenters. The topological polar surface area (TPSA) is 26.3 Å². The lowest BCUT2D eigenvalue weighted by Gasteiger charge is -2.31. The van der Waals surface area contributed by atoms with Crippen LogP contribution in [0.5, 0.6) is 0 Å². The van der Waals surface area contributed by atoms with Crippen molar-refractivity contribution in [2.45, 2.75) is 33.1 Å². The Hall–Kier alpha value is -1.05. The van der Waals surface area contributed by atoms with Gasteiger partial charge in [-0.2, -0.15) is 0 Å². The van der Waals surface area contributed by atoms with Gasteiger partial charge in [-0.15, -0.1) is 0 Å². The Morgan fingerprint density at radius 3 is 3.00 bits per heavy atom. The minimum absolute atomic E-state index is 0.0309. The van der Waals surface area contributed by atoms with Gasteiger partial charge in [-0.05, 0) is 49.4 Å². The molecule has 0 aromatic heterocycles. The molecule has 2 heteroatoms. The van der Waals surface area contributed by atoms with Crippen LogP contribution in [0.3, 0.4) is 0 Å². The summed E-state index contributed by atoms with van der Waals surface area (Å²) in [6.45, 7) is 4.74. The van der Waals surface area contributed by atoms with E-state index in [4.69, 9.17) is 4.74 Å². The fraction of sp³-hybridized carbons (Fsp3) is 0.688. The van der Waals surface area contributed by atoms with Crippen molar-refractivity contribution in [2.75, 3.05) is 6.61 Å². The number of carbonyl (C=O) groups is 1. The van der Waals surface area contributed by atoms with Gasteiger partial charge in [0.1, 0.15) is 0 Å². The third-order valence-electron chi connectivity index (χ3n) is 5.44. The molecule has 3 aliphatic rings. The van der Waals surface area contributed by atoms with Crippen LogP contribution in [0.4, 0.5) is 0 Å². The lowest BCUT2D eigenvalue weighted by atomic mass is 9.73. The number of hydrogen-bond acceptors (Lipinski definition) is 2. The van der Waals surface area contributed by atoms with E-state index in [0.717, 1.165) is 6.42 Å². The number of allylic oxidation sites excluding steroid dienone is 4.